The highest BCUT2D eigenvalue weighted by Gasteiger charge is 2.04. The lowest BCUT2D eigenvalue weighted by Gasteiger charge is -2.12. The topological polar surface area (TPSA) is 59.4 Å². The molecule has 28 heavy (non-hydrogen) atoms. The molecule has 0 fully saturated rings. The lowest BCUT2D eigenvalue weighted by atomic mass is 10.0. The van der Waals surface area contributed by atoms with Crippen LogP contribution in [0.5, 0.6) is 0 Å². The standard InChI is InChI=1S/C23H29N5/c1-17(2)20-9-5-19(6-10-20)16-28-14-13-23(26-28)25-22(24)15-18-7-11-21(12-8-18)27(3)4/h5-14,17H,15-16H2,1-4H3,(H2,24,25,26). The normalized spacial score (nSPS) is 11.8. The Hall–Kier alpha value is -3.08. The van der Waals surface area contributed by atoms with Crippen LogP contribution in [-0.4, -0.2) is 29.7 Å². The predicted octanol–water partition coefficient (Wildman–Crippen LogP) is 4.35. The van der Waals surface area contributed by atoms with E-state index in [0.29, 0.717) is 24.0 Å². The van der Waals surface area contributed by atoms with Crippen LogP contribution in [0, 0.1) is 0 Å². The third-order valence-electron chi connectivity index (χ3n) is 4.71. The van der Waals surface area contributed by atoms with Gasteiger partial charge in [0.25, 0.3) is 0 Å². The second-order valence-electron chi connectivity index (χ2n) is 7.61. The van der Waals surface area contributed by atoms with Gasteiger partial charge in [0.15, 0.2) is 5.82 Å². The molecule has 0 unspecified atom stereocenters. The summed E-state index contributed by atoms with van der Waals surface area (Å²) in [7, 11) is 4.06. The van der Waals surface area contributed by atoms with Gasteiger partial charge in [0.1, 0.15) is 5.84 Å². The van der Waals surface area contributed by atoms with Gasteiger partial charge < -0.3 is 10.6 Å². The molecule has 0 saturated carbocycles. The molecule has 2 aromatic carbocycles. The summed E-state index contributed by atoms with van der Waals surface area (Å²) < 4.78 is 1.89. The fraction of sp³-hybridized carbons (Fsp3) is 0.304. The first-order valence-electron chi connectivity index (χ1n) is 9.62. The van der Waals surface area contributed by atoms with Crippen LogP contribution in [0.4, 0.5) is 11.5 Å². The number of amidine groups is 1. The highest BCUT2D eigenvalue weighted by atomic mass is 15.3. The van der Waals surface area contributed by atoms with Crippen molar-refractivity contribution in [2.75, 3.05) is 19.0 Å². The van der Waals surface area contributed by atoms with Crippen LogP contribution in [0.1, 0.15) is 36.5 Å². The molecule has 0 radical (unpaired) electrons. The third kappa shape index (κ3) is 5.22. The van der Waals surface area contributed by atoms with Gasteiger partial charge in [0, 0.05) is 38.5 Å². The van der Waals surface area contributed by atoms with E-state index in [9.17, 15) is 0 Å². The average molecular weight is 376 g/mol. The fourth-order valence-electron chi connectivity index (χ4n) is 3.00. The first kappa shape index (κ1) is 19.7. The minimum atomic E-state index is 0.543. The van der Waals surface area contributed by atoms with Gasteiger partial charge in [-0.05, 0) is 34.7 Å². The first-order chi connectivity index (χ1) is 13.4. The van der Waals surface area contributed by atoms with Crippen molar-refractivity contribution in [3.05, 3.63) is 77.5 Å². The zero-order valence-electron chi connectivity index (χ0n) is 17.1. The van der Waals surface area contributed by atoms with E-state index in [0.717, 1.165) is 12.1 Å². The minimum absolute atomic E-state index is 0.543. The number of nitrogens with two attached hydrogens (primary N) is 1. The van der Waals surface area contributed by atoms with E-state index >= 15 is 0 Å². The number of anilines is 1. The third-order valence-corrected chi connectivity index (χ3v) is 4.71. The van der Waals surface area contributed by atoms with Crippen molar-refractivity contribution in [2.24, 2.45) is 10.7 Å². The summed E-state index contributed by atoms with van der Waals surface area (Å²) in [4.78, 5) is 6.54. The smallest absolute Gasteiger partial charge is 0.175 e. The van der Waals surface area contributed by atoms with Gasteiger partial charge in [0.2, 0.25) is 0 Å². The van der Waals surface area contributed by atoms with Gasteiger partial charge in [-0.2, -0.15) is 5.10 Å². The summed E-state index contributed by atoms with van der Waals surface area (Å²) in [6.45, 7) is 5.13. The molecule has 0 saturated heterocycles. The Balaban J connectivity index is 1.62. The van der Waals surface area contributed by atoms with E-state index in [1.54, 1.807) is 0 Å². The molecule has 2 N–H and O–H groups in total. The molecule has 5 nitrogen and oxygen atoms in total. The molecule has 146 valence electrons. The fourth-order valence-corrected chi connectivity index (χ4v) is 3.00. The van der Waals surface area contributed by atoms with Gasteiger partial charge in [-0.1, -0.05) is 50.2 Å². The minimum Gasteiger partial charge on any atom is -0.387 e. The first-order valence-corrected chi connectivity index (χ1v) is 9.62. The Kier molecular flexibility index (Phi) is 6.14. The van der Waals surface area contributed by atoms with Gasteiger partial charge in [0.05, 0.1) is 6.54 Å². The Labute approximate surface area is 167 Å². The summed E-state index contributed by atoms with van der Waals surface area (Å²) in [6.07, 6.45) is 2.55. The number of hydrogen-bond acceptors (Lipinski definition) is 3. The SMILES string of the molecule is CC(C)c1ccc(Cn2ccc(N=C(N)Cc3ccc(N(C)C)cc3)n2)cc1. The van der Waals surface area contributed by atoms with Crippen molar-refractivity contribution >= 4 is 17.3 Å². The number of benzene rings is 2. The largest absolute Gasteiger partial charge is 0.387 e. The van der Waals surface area contributed by atoms with E-state index < -0.39 is 0 Å². The van der Waals surface area contributed by atoms with Gasteiger partial charge in [-0.25, -0.2) is 4.99 Å². The maximum absolute atomic E-state index is 6.13. The molecule has 0 aliphatic heterocycles. The summed E-state index contributed by atoms with van der Waals surface area (Å²) in [5.41, 5.74) is 11.0. The number of aromatic nitrogens is 2. The molecule has 3 rings (SSSR count). The zero-order chi connectivity index (χ0) is 20.1. The summed E-state index contributed by atoms with van der Waals surface area (Å²) in [6, 6.07) is 18.9. The van der Waals surface area contributed by atoms with Gasteiger partial charge >= 0.3 is 0 Å². The van der Waals surface area contributed by atoms with Crippen molar-refractivity contribution < 1.29 is 0 Å². The molecule has 0 atom stereocenters. The number of hydrogen-bond donors (Lipinski definition) is 1. The van der Waals surface area contributed by atoms with Crippen molar-refractivity contribution in [3.8, 4) is 0 Å². The van der Waals surface area contributed by atoms with Crippen LogP contribution in [0.15, 0.2) is 65.8 Å². The molecule has 0 amide bonds. The summed E-state index contributed by atoms with van der Waals surface area (Å²) in [5, 5.41) is 4.52. The lowest BCUT2D eigenvalue weighted by Crippen LogP contribution is -2.15. The summed E-state index contributed by atoms with van der Waals surface area (Å²) >= 11 is 0. The maximum Gasteiger partial charge on any atom is 0.175 e. The molecule has 1 aromatic heterocycles. The van der Waals surface area contributed by atoms with E-state index in [2.05, 4.69) is 77.4 Å². The van der Waals surface area contributed by atoms with Crippen LogP contribution in [-0.2, 0) is 13.0 Å². The van der Waals surface area contributed by atoms with Gasteiger partial charge in [-0.3, -0.25) is 4.68 Å². The number of aliphatic imine (C=N–C) groups is 1. The molecule has 1 heterocycles. The number of rotatable bonds is 7. The zero-order valence-corrected chi connectivity index (χ0v) is 17.1. The molecular formula is C23H29N5. The molecule has 0 bridgehead atoms. The Bertz CT molecular complexity index is 918. The highest BCUT2D eigenvalue weighted by molar-refractivity contribution is 5.84. The van der Waals surface area contributed by atoms with Crippen LogP contribution in [0.3, 0.4) is 0 Å². The van der Waals surface area contributed by atoms with Crippen LogP contribution in [0.2, 0.25) is 0 Å². The van der Waals surface area contributed by atoms with Crippen LogP contribution < -0.4 is 10.6 Å². The molecule has 0 aliphatic carbocycles. The predicted molar refractivity (Wildman–Crippen MR) is 118 cm³/mol. The van der Waals surface area contributed by atoms with Gasteiger partial charge in [-0.15, -0.1) is 0 Å². The van der Waals surface area contributed by atoms with E-state index in [-0.39, 0.29) is 0 Å². The van der Waals surface area contributed by atoms with E-state index in [4.69, 9.17) is 5.73 Å². The van der Waals surface area contributed by atoms with E-state index in [1.165, 1.54) is 16.8 Å². The molecule has 5 heteroatoms. The second-order valence-corrected chi connectivity index (χ2v) is 7.61. The van der Waals surface area contributed by atoms with Crippen molar-refractivity contribution in [3.63, 3.8) is 0 Å². The average Bonchev–Trinajstić information content (AvgIpc) is 3.09. The Morgan fingerprint density at radius 3 is 2.25 bits per heavy atom. The van der Waals surface area contributed by atoms with E-state index in [1.807, 2.05) is 31.0 Å². The van der Waals surface area contributed by atoms with Crippen molar-refractivity contribution in [1.29, 1.82) is 0 Å². The van der Waals surface area contributed by atoms with Crippen molar-refractivity contribution in [2.45, 2.75) is 32.7 Å². The number of nitrogens with zero attached hydrogens (tertiary/aromatic N) is 4. The van der Waals surface area contributed by atoms with Crippen molar-refractivity contribution in [1.82, 2.24) is 9.78 Å². The quantitative estimate of drug-likeness (QED) is 0.493. The second kappa shape index (κ2) is 8.74. The monoisotopic (exact) mass is 375 g/mol. The molecular weight excluding hydrogens is 346 g/mol. The lowest BCUT2D eigenvalue weighted by molar-refractivity contribution is 0.687. The Morgan fingerprint density at radius 2 is 1.64 bits per heavy atom. The molecule has 3 aromatic rings. The van der Waals surface area contributed by atoms with Crippen LogP contribution in [0.25, 0.3) is 0 Å². The maximum atomic E-state index is 6.13. The molecule has 0 aliphatic rings. The summed E-state index contributed by atoms with van der Waals surface area (Å²) in [5.74, 6) is 1.74. The Morgan fingerprint density at radius 1 is 1.00 bits per heavy atom. The molecule has 0 spiro atoms. The van der Waals surface area contributed by atoms with Crippen LogP contribution >= 0.6 is 0 Å². The highest BCUT2D eigenvalue weighted by Crippen LogP contribution is 2.16.